The van der Waals surface area contributed by atoms with Crippen molar-refractivity contribution < 1.29 is 0 Å². The molecule has 0 bridgehead atoms. The van der Waals surface area contributed by atoms with E-state index in [4.69, 9.17) is 0 Å². The summed E-state index contributed by atoms with van der Waals surface area (Å²) < 4.78 is 12.0. The van der Waals surface area contributed by atoms with Crippen molar-refractivity contribution in [3.8, 4) is 0 Å². The summed E-state index contributed by atoms with van der Waals surface area (Å²) in [5.41, 5.74) is 0. The van der Waals surface area contributed by atoms with Gasteiger partial charge in [0.1, 0.15) is 0 Å². The Hall–Kier alpha value is -3.65. The first-order valence-corrected chi connectivity index (χ1v) is 33.6. The molecule has 0 saturated heterocycles. The summed E-state index contributed by atoms with van der Waals surface area (Å²) in [6, 6.07) is 83.8. The van der Waals surface area contributed by atoms with Crippen LogP contribution < -0.4 is 26.7 Å². The zero-order valence-corrected chi connectivity index (χ0v) is 35.7. The first-order valence-electron chi connectivity index (χ1n) is 18.0. The van der Waals surface area contributed by atoms with Gasteiger partial charge in [0.25, 0.3) is 0 Å². The van der Waals surface area contributed by atoms with Crippen LogP contribution in [0.3, 0.4) is 0 Å². The summed E-state index contributed by atoms with van der Waals surface area (Å²) in [5.74, 6) is 0. The van der Waals surface area contributed by atoms with Gasteiger partial charge < -0.3 is 0 Å². The third-order valence-corrected chi connectivity index (χ3v) is 46.8. The summed E-state index contributed by atoms with van der Waals surface area (Å²) >= 11 is -6.94. The van der Waals surface area contributed by atoms with Crippen LogP contribution in [0.1, 0.15) is 0 Å². The van der Waals surface area contributed by atoms with Crippen LogP contribution in [0.15, 0.2) is 212 Å². The van der Waals surface area contributed by atoms with Crippen molar-refractivity contribution in [2.45, 2.75) is 27.5 Å². The molecule has 0 nitrogen and oxygen atoms in total. The SMILES string of the molecule is C[Si](C[CH2][Sn]([c]1ccccc1)([c]1ccccc1)[c]1ccccc1)(C[CH2][Sn]([c]1ccccc1)([c]1ccccc1)[c]1ccccc1)c1ccccc1. The van der Waals surface area contributed by atoms with Gasteiger partial charge in [0.2, 0.25) is 0 Å². The second kappa shape index (κ2) is 16.1. The van der Waals surface area contributed by atoms with E-state index in [0.717, 1.165) is 0 Å². The molecule has 0 aromatic heterocycles. The third-order valence-electron chi connectivity index (χ3n) is 11.2. The Morgan fingerprint density at radius 1 is 0.300 bits per heavy atom. The summed E-state index contributed by atoms with van der Waals surface area (Å²) in [4.78, 5) is 0. The van der Waals surface area contributed by atoms with Crippen LogP contribution in [-0.4, -0.2) is 44.8 Å². The van der Waals surface area contributed by atoms with E-state index in [-0.39, 0.29) is 0 Å². The van der Waals surface area contributed by atoms with E-state index in [1.807, 2.05) is 0 Å². The fourth-order valence-corrected chi connectivity index (χ4v) is 51.6. The Morgan fingerprint density at radius 2 is 0.500 bits per heavy atom. The number of hydrogen-bond donors (Lipinski definition) is 0. The maximum atomic E-state index is 2.72. The Kier molecular flexibility index (Phi) is 11.2. The van der Waals surface area contributed by atoms with Gasteiger partial charge in [-0.1, -0.05) is 0 Å². The van der Waals surface area contributed by atoms with Crippen molar-refractivity contribution in [1.82, 2.24) is 0 Å². The first kappa shape index (κ1) is 34.8. The van der Waals surface area contributed by atoms with Crippen LogP contribution in [0.4, 0.5) is 0 Å². The summed E-state index contributed by atoms with van der Waals surface area (Å²) in [6.45, 7) is 2.72. The van der Waals surface area contributed by atoms with Gasteiger partial charge in [-0.05, 0) is 0 Å². The Morgan fingerprint density at radius 3 is 0.720 bits per heavy atom. The van der Waals surface area contributed by atoms with E-state index in [0.29, 0.717) is 0 Å². The fourth-order valence-electron chi connectivity index (χ4n) is 8.38. The molecule has 0 N–H and O–H groups in total. The van der Waals surface area contributed by atoms with Gasteiger partial charge >= 0.3 is 311 Å². The predicted molar refractivity (Wildman–Crippen MR) is 225 cm³/mol. The molecule has 0 heterocycles. The molecule has 0 saturated carbocycles. The summed E-state index contributed by atoms with van der Waals surface area (Å²) in [7, 11) is -2.04. The zero-order valence-electron chi connectivity index (χ0n) is 29.0. The van der Waals surface area contributed by atoms with Crippen molar-refractivity contribution in [2.24, 2.45) is 0 Å². The number of hydrogen-bond acceptors (Lipinski definition) is 0. The Bertz CT molecular complexity index is 1710. The average Bonchev–Trinajstić information content (AvgIpc) is 3.21. The monoisotopic (exact) mass is 878 g/mol. The first-order chi connectivity index (χ1) is 24.7. The molecule has 7 rings (SSSR count). The molecule has 0 fully saturated rings. The van der Waals surface area contributed by atoms with Gasteiger partial charge in [0, 0.05) is 0 Å². The Labute approximate surface area is 308 Å². The van der Waals surface area contributed by atoms with Gasteiger partial charge in [-0.3, -0.25) is 0 Å². The quantitative estimate of drug-likeness (QED) is 0.107. The molecular formula is C47H46SiSn2. The normalized spacial score (nSPS) is 12.0. The van der Waals surface area contributed by atoms with E-state index < -0.39 is 44.8 Å². The van der Waals surface area contributed by atoms with Gasteiger partial charge in [0.15, 0.2) is 0 Å². The van der Waals surface area contributed by atoms with E-state index in [2.05, 4.69) is 219 Å². The zero-order chi connectivity index (χ0) is 34.1. The second-order valence-electron chi connectivity index (χ2n) is 13.9. The van der Waals surface area contributed by atoms with Gasteiger partial charge in [0.05, 0.1) is 0 Å². The average molecular weight is 876 g/mol. The molecule has 0 aliphatic heterocycles. The van der Waals surface area contributed by atoms with Crippen LogP contribution in [0.25, 0.3) is 0 Å². The molecule has 0 amide bonds. The van der Waals surface area contributed by atoms with Crippen molar-refractivity contribution in [1.29, 1.82) is 0 Å². The van der Waals surface area contributed by atoms with Crippen molar-refractivity contribution in [3.05, 3.63) is 212 Å². The molecule has 246 valence electrons. The molecule has 0 aliphatic carbocycles. The van der Waals surface area contributed by atoms with Gasteiger partial charge in [-0.2, -0.15) is 0 Å². The van der Waals surface area contributed by atoms with Crippen molar-refractivity contribution >= 4 is 71.5 Å². The van der Waals surface area contributed by atoms with E-state index in [9.17, 15) is 0 Å². The summed E-state index contributed by atoms with van der Waals surface area (Å²) in [6.07, 6.45) is 0. The predicted octanol–water partition coefficient (Wildman–Crippen LogP) is 7.31. The third kappa shape index (κ3) is 7.10. The molecule has 0 aliphatic rings. The van der Waals surface area contributed by atoms with Crippen LogP contribution in [0.5, 0.6) is 0 Å². The van der Waals surface area contributed by atoms with E-state index >= 15 is 0 Å². The van der Waals surface area contributed by atoms with Gasteiger partial charge in [-0.25, -0.2) is 0 Å². The molecule has 0 atom stereocenters. The molecule has 7 aromatic carbocycles. The van der Waals surface area contributed by atoms with Gasteiger partial charge in [-0.15, -0.1) is 0 Å². The molecule has 0 spiro atoms. The van der Waals surface area contributed by atoms with Crippen LogP contribution in [0, 0.1) is 0 Å². The molecule has 0 radical (unpaired) electrons. The minimum absolute atomic E-state index is 1.26. The van der Waals surface area contributed by atoms with Crippen LogP contribution in [0.2, 0.25) is 27.5 Å². The van der Waals surface area contributed by atoms with E-state index in [1.54, 1.807) is 26.7 Å². The fraction of sp³-hybridized carbons (Fsp3) is 0.106. The topological polar surface area (TPSA) is 0 Å². The van der Waals surface area contributed by atoms with Crippen molar-refractivity contribution in [2.75, 3.05) is 0 Å². The van der Waals surface area contributed by atoms with E-state index in [1.165, 1.54) is 21.0 Å². The molecule has 3 heteroatoms. The number of benzene rings is 7. The standard InChI is InChI=1S/C11H16Si.6C6H5.2Sn/c1-4-12(3,5-2)11-9-7-6-8-10-11;6*1-2-4-6-5-3-1;;/h6-10H,1-2,4-5H2,3H3;6*1-5H;;. The van der Waals surface area contributed by atoms with Crippen LogP contribution in [-0.2, 0) is 0 Å². The molecule has 7 aromatic rings. The number of rotatable bonds is 13. The molecule has 0 unspecified atom stereocenters. The van der Waals surface area contributed by atoms with Crippen LogP contribution >= 0.6 is 0 Å². The molecule has 50 heavy (non-hydrogen) atoms. The van der Waals surface area contributed by atoms with Crippen molar-refractivity contribution in [3.63, 3.8) is 0 Å². The maximum absolute atomic E-state index is 3.47. The molecular weight excluding hydrogens is 830 g/mol. The minimum atomic E-state index is -3.47. The second-order valence-corrected chi connectivity index (χ2v) is 41.7. The summed E-state index contributed by atoms with van der Waals surface area (Å²) in [5, 5.41) is 1.60. The Balaban J connectivity index is 1.37.